The highest BCUT2D eigenvalue weighted by molar-refractivity contribution is 5.47. The summed E-state index contributed by atoms with van der Waals surface area (Å²) in [7, 11) is 2.05. The van der Waals surface area contributed by atoms with Gasteiger partial charge in [-0.3, -0.25) is 4.39 Å². The van der Waals surface area contributed by atoms with Gasteiger partial charge in [0.05, 0.1) is 14.3 Å². The van der Waals surface area contributed by atoms with Gasteiger partial charge in [0, 0.05) is 5.92 Å². The van der Waals surface area contributed by atoms with Crippen molar-refractivity contribution < 1.29 is 53.7 Å². The van der Waals surface area contributed by atoms with Crippen LogP contribution in [-0.2, 0) is 0 Å². The molecule has 3 nitrogen and oxygen atoms in total. The molecule has 0 bridgehead atoms. The minimum Gasteiger partial charge on any atom is -0.497 e. The molecule has 0 aliphatic heterocycles. The molecule has 0 fully saturated rings. The van der Waals surface area contributed by atoms with E-state index in [1.807, 2.05) is 12.1 Å². The lowest BCUT2D eigenvalue weighted by Gasteiger charge is -2.20. The van der Waals surface area contributed by atoms with Crippen molar-refractivity contribution in [3.8, 4) is 17.2 Å². The number of halogens is 9. The van der Waals surface area contributed by atoms with E-state index in [2.05, 4.69) is 4.74 Å². The maximum absolute atomic E-state index is 13.1. The Labute approximate surface area is 218 Å². The van der Waals surface area contributed by atoms with Crippen LogP contribution in [-0.4, -0.2) is 14.3 Å². The number of benzene rings is 3. The molecular weight excluding hydrogens is 543 g/mol. The summed E-state index contributed by atoms with van der Waals surface area (Å²) in [4.78, 5) is 0. The van der Waals surface area contributed by atoms with Crippen LogP contribution in [0, 0.1) is 0 Å². The molecule has 210 valence electrons. The van der Waals surface area contributed by atoms with Gasteiger partial charge in [0.2, 0.25) is 0 Å². The van der Waals surface area contributed by atoms with E-state index < -0.39 is 30.6 Å². The number of rotatable bonds is 8. The van der Waals surface area contributed by atoms with Gasteiger partial charge < -0.3 is 14.2 Å². The third-order valence-corrected chi connectivity index (χ3v) is 4.60. The third kappa shape index (κ3) is 11.3. The quantitative estimate of drug-likeness (QED) is 0.155. The van der Waals surface area contributed by atoms with Crippen molar-refractivity contribution in [2.24, 2.45) is 0 Å². The Morgan fingerprint density at radius 2 is 1.00 bits per heavy atom. The molecule has 0 aromatic heterocycles. The van der Waals surface area contributed by atoms with Crippen LogP contribution in [0.4, 0.5) is 39.5 Å². The smallest absolute Gasteiger partial charge is 0.344 e. The van der Waals surface area contributed by atoms with E-state index in [1.165, 1.54) is 12.1 Å². The number of alkyl halides is 1. The molecule has 0 saturated carbocycles. The van der Waals surface area contributed by atoms with Crippen LogP contribution in [0.3, 0.4) is 0 Å². The average Bonchev–Trinajstić information content (AvgIpc) is 2.95. The van der Waals surface area contributed by atoms with E-state index in [0.717, 1.165) is 16.7 Å². The standard InChI is InChI=1S/C24H17F5O3.C2HF3.CH3F/c1-30-18-8-2-15(3-9-18)22(16-4-10-19(11-5-16)31-14-21(25)26)17-6-12-20(13-7-17)32-24(29)23(27)28;3-1-2(4)5;1-2/h2-14,22H,1H3;1H;1H3. The van der Waals surface area contributed by atoms with Gasteiger partial charge in [0.1, 0.15) is 17.2 Å². The Kier molecular flexibility index (Phi) is 14.4. The van der Waals surface area contributed by atoms with E-state index in [4.69, 9.17) is 9.47 Å². The number of ether oxygens (including phenoxy) is 3. The molecule has 12 heteroatoms. The third-order valence-electron chi connectivity index (χ3n) is 4.60. The summed E-state index contributed by atoms with van der Waals surface area (Å²) in [5.74, 6) is 0.497. The normalized spacial score (nSPS) is 10.3. The zero-order valence-electron chi connectivity index (χ0n) is 20.3. The van der Waals surface area contributed by atoms with Crippen LogP contribution in [0.15, 0.2) is 110 Å². The van der Waals surface area contributed by atoms with Crippen LogP contribution in [0.1, 0.15) is 22.6 Å². The first-order valence-corrected chi connectivity index (χ1v) is 10.5. The lowest BCUT2D eigenvalue weighted by Crippen LogP contribution is -2.04. The summed E-state index contributed by atoms with van der Waals surface area (Å²) in [5.41, 5.74) is 2.45. The molecule has 0 aliphatic carbocycles. The van der Waals surface area contributed by atoms with Crippen molar-refractivity contribution in [2.75, 3.05) is 14.3 Å². The van der Waals surface area contributed by atoms with Crippen molar-refractivity contribution in [1.82, 2.24) is 0 Å². The molecule has 0 N–H and O–H groups in total. The molecule has 0 amide bonds. The molecule has 1 unspecified atom stereocenters. The summed E-state index contributed by atoms with van der Waals surface area (Å²) in [6, 6.07) is 17.9. The Bertz CT molecular complexity index is 1210. The average molecular weight is 564 g/mol. The minimum absolute atomic E-state index is 0.0867. The fourth-order valence-electron chi connectivity index (χ4n) is 3.10. The van der Waals surface area contributed by atoms with Crippen LogP contribution in [0.25, 0.3) is 0 Å². The van der Waals surface area contributed by atoms with Crippen LogP contribution in [0.2, 0.25) is 0 Å². The van der Waals surface area contributed by atoms with Crippen molar-refractivity contribution in [3.63, 3.8) is 0 Å². The Morgan fingerprint density at radius 1 is 0.615 bits per heavy atom. The van der Waals surface area contributed by atoms with Crippen LogP contribution in [0.5, 0.6) is 17.2 Å². The van der Waals surface area contributed by atoms with Gasteiger partial charge in [-0.15, -0.1) is 0 Å². The molecule has 3 aromatic rings. The Balaban J connectivity index is 0.000000975. The molecule has 0 radical (unpaired) electrons. The molecule has 39 heavy (non-hydrogen) atoms. The largest absolute Gasteiger partial charge is 0.497 e. The van der Waals surface area contributed by atoms with E-state index in [-0.39, 0.29) is 17.4 Å². The number of methoxy groups -OCH3 is 1. The second kappa shape index (κ2) is 17.2. The van der Waals surface area contributed by atoms with Crippen molar-refractivity contribution in [1.29, 1.82) is 0 Å². The minimum atomic E-state index is -2.55. The van der Waals surface area contributed by atoms with Gasteiger partial charge in [0.25, 0.3) is 6.08 Å². The maximum atomic E-state index is 13.1. The maximum Gasteiger partial charge on any atom is 0.344 e. The Morgan fingerprint density at radius 3 is 1.33 bits per heavy atom. The van der Waals surface area contributed by atoms with E-state index in [9.17, 15) is 39.5 Å². The first-order valence-electron chi connectivity index (χ1n) is 10.5. The van der Waals surface area contributed by atoms with Crippen LogP contribution < -0.4 is 14.2 Å². The van der Waals surface area contributed by atoms with Gasteiger partial charge in [-0.25, -0.2) is 4.39 Å². The first-order chi connectivity index (χ1) is 18.6. The zero-order valence-corrected chi connectivity index (χ0v) is 20.3. The highest BCUT2D eigenvalue weighted by Crippen LogP contribution is 2.35. The topological polar surface area (TPSA) is 27.7 Å². The predicted molar refractivity (Wildman–Crippen MR) is 127 cm³/mol. The number of hydrogen-bond acceptors (Lipinski definition) is 3. The summed E-state index contributed by atoms with van der Waals surface area (Å²) < 4.78 is 117. The summed E-state index contributed by atoms with van der Waals surface area (Å²) >= 11 is 0. The summed E-state index contributed by atoms with van der Waals surface area (Å²) in [6.45, 7) is 0. The van der Waals surface area contributed by atoms with Crippen LogP contribution >= 0.6 is 0 Å². The molecule has 0 saturated heterocycles. The molecule has 3 aromatic carbocycles. The number of hydrogen-bond donors (Lipinski definition) is 0. The lowest BCUT2D eigenvalue weighted by molar-refractivity contribution is 0.241. The van der Waals surface area contributed by atoms with E-state index >= 15 is 0 Å². The molecule has 0 spiro atoms. The van der Waals surface area contributed by atoms with E-state index in [1.54, 1.807) is 55.6 Å². The first kappa shape index (κ1) is 32.7. The zero-order chi connectivity index (χ0) is 29.4. The molecular formula is C27H21F9O3. The van der Waals surface area contributed by atoms with Gasteiger partial charge in [-0.1, -0.05) is 36.4 Å². The van der Waals surface area contributed by atoms with E-state index in [0.29, 0.717) is 19.2 Å². The highest BCUT2D eigenvalue weighted by Gasteiger charge is 2.18. The molecule has 0 heterocycles. The second-order valence-corrected chi connectivity index (χ2v) is 6.90. The lowest BCUT2D eigenvalue weighted by atomic mass is 9.85. The monoisotopic (exact) mass is 564 g/mol. The SMILES string of the molecule is CF.COc1ccc(C(c2ccc(OC=C(F)F)cc2)c2ccc(OC(F)=C(F)F)cc2)cc1.FC=C(F)F. The van der Waals surface area contributed by atoms with Gasteiger partial charge in [-0.05, 0) is 53.1 Å². The summed E-state index contributed by atoms with van der Waals surface area (Å²) in [5, 5.41) is 0. The van der Waals surface area contributed by atoms with Crippen molar-refractivity contribution in [3.05, 3.63) is 126 Å². The molecule has 1 atom stereocenters. The van der Waals surface area contributed by atoms with Gasteiger partial charge in [-0.2, -0.15) is 30.7 Å². The van der Waals surface area contributed by atoms with Crippen molar-refractivity contribution >= 4 is 0 Å². The summed E-state index contributed by atoms with van der Waals surface area (Å²) in [6.07, 6.45) is -7.19. The predicted octanol–water partition coefficient (Wildman–Crippen LogP) is 9.69. The van der Waals surface area contributed by atoms with Gasteiger partial charge >= 0.3 is 18.2 Å². The fraction of sp³-hybridized carbons (Fsp3) is 0.111. The van der Waals surface area contributed by atoms with Gasteiger partial charge in [0.15, 0.2) is 12.6 Å². The fourth-order valence-corrected chi connectivity index (χ4v) is 3.10. The molecule has 3 rings (SSSR count). The Hall–Kier alpha value is -4.35. The van der Waals surface area contributed by atoms with Crippen molar-refractivity contribution in [2.45, 2.75) is 5.92 Å². The second-order valence-electron chi connectivity index (χ2n) is 6.90. The molecule has 0 aliphatic rings. The highest BCUT2D eigenvalue weighted by atomic mass is 19.3.